The molecule has 1 aliphatic rings. The van der Waals surface area contributed by atoms with Crippen LogP contribution >= 0.6 is 0 Å². The number of hydrogen-bond donors (Lipinski definition) is 2. The van der Waals surface area contributed by atoms with Gasteiger partial charge in [0, 0.05) is 42.5 Å². The Bertz CT molecular complexity index is 927. The van der Waals surface area contributed by atoms with E-state index in [-0.39, 0.29) is 0 Å². The molecule has 2 aromatic heterocycles. The Morgan fingerprint density at radius 2 is 2.00 bits per heavy atom. The van der Waals surface area contributed by atoms with Crippen molar-refractivity contribution in [2.24, 2.45) is 0 Å². The Kier molecular flexibility index (Phi) is 4.40. The van der Waals surface area contributed by atoms with Gasteiger partial charge in [0.15, 0.2) is 0 Å². The number of nitrogens with zero attached hydrogens (tertiary/aromatic N) is 4. The van der Waals surface area contributed by atoms with Crippen molar-refractivity contribution in [1.29, 1.82) is 0 Å². The first-order valence-electron chi connectivity index (χ1n) is 8.38. The molecule has 26 heavy (non-hydrogen) atoms. The summed E-state index contributed by atoms with van der Waals surface area (Å²) in [4.78, 5) is 15.3. The first kappa shape index (κ1) is 16.3. The van der Waals surface area contributed by atoms with Crippen LogP contribution in [0.5, 0.6) is 5.75 Å². The lowest BCUT2D eigenvalue weighted by Crippen LogP contribution is -2.36. The molecule has 3 N–H and O–H groups in total. The van der Waals surface area contributed by atoms with E-state index < -0.39 is 0 Å². The Morgan fingerprint density at radius 1 is 1.15 bits per heavy atom. The molecule has 0 spiro atoms. The first-order chi connectivity index (χ1) is 12.7. The highest BCUT2D eigenvalue weighted by Crippen LogP contribution is 2.31. The summed E-state index contributed by atoms with van der Waals surface area (Å²) >= 11 is 0. The average Bonchev–Trinajstić information content (AvgIpc) is 2.69. The van der Waals surface area contributed by atoms with Crippen LogP contribution in [-0.4, -0.2) is 48.4 Å². The van der Waals surface area contributed by atoms with Gasteiger partial charge in [-0.3, -0.25) is 0 Å². The second-order valence-electron chi connectivity index (χ2n) is 5.96. The molecule has 134 valence electrons. The lowest BCUT2D eigenvalue weighted by molar-refractivity contribution is 0.122. The predicted molar refractivity (Wildman–Crippen MR) is 101 cm³/mol. The number of hydrogen-bond acceptors (Lipinski definition) is 8. The normalized spacial score (nSPS) is 14.4. The number of morpholine rings is 1. The van der Waals surface area contributed by atoms with Gasteiger partial charge in [0.1, 0.15) is 23.7 Å². The molecule has 1 saturated heterocycles. The van der Waals surface area contributed by atoms with Crippen molar-refractivity contribution in [3.05, 3.63) is 36.8 Å². The molecular formula is C18H20N6O2. The summed E-state index contributed by atoms with van der Waals surface area (Å²) in [7, 11) is 1.58. The van der Waals surface area contributed by atoms with Crippen LogP contribution in [0.2, 0.25) is 0 Å². The van der Waals surface area contributed by atoms with Gasteiger partial charge in [-0.05, 0) is 12.1 Å². The van der Waals surface area contributed by atoms with Crippen LogP contribution in [0.25, 0.3) is 10.9 Å². The minimum Gasteiger partial charge on any atom is -0.495 e. The molecule has 4 rings (SSSR count). The number of aromatic nitrogens is 3. The number of nitrogens with two attached hydrogens (primary N) is 1. The molecule has 8 nitrogen and oxygen atoms in total. The molecule has 0 saturated carbocycles. The average molecular weight is 352 g/mol. The van der Waals surface area contributed by atoms with Gasteiger partial charge in [0.05, 0.1) is 31.5 Å². The van der Waals surface area contributed by atoms with E-state index in [4.69, 9.17) is 15.2 Å². The third-order valence-corrected chi connectivity index (χ3v) is 4.35. The SMILES string of the molecule is COc1cc2ncnc(Nc3cc(N4CCOCC4)ccn3)c2cc1N. The van der Waals surface area contributed by atoms with Crippen LogP contribution < -0.4 is 20.7 Å². The van der Waals surface area contributed by atoms with Crippen LogP contribution in [0.4, 0.5) is 23.0 Å². The van der Waals surface area contributed by atoms with Crippen molar-refractivity contribution in [1.82, 2.24) is 15.0 Å². The molecule has 0 unspecified atom stereocenters. The second kappa shape index (κ2) is 7.01. The first-order valence-corrected chi connectivity index (χ1v) is 8.38. The summed E-state index contributed by atoms with van der Waals surface area (Å²) in [5, 5.41) is 4.08. The van der Waals surface area contributed by atoms with E-state index in [1.54, 1.807) is 19.4 Å². The zero-order chi connectivity index (χ0) is 17.9. The van der Waals surface area contributed by atoms with Crippen LogP contribution in [0.15, 0.2) is 36.8 Å². The van der Waals surface area contributed by atoms with Gasteiger partial charge in [-0.1, -0.05) is 0 Å². The summed E-state index contributed by atoms with van der Waals surface area (Å²) in [6.45, 7) is 3.22. The van der Waals surface area contributed by atoms with Gasteiger partial charge in [0.25, 0.3) is 0 Å². The molecule has 1 aliphatic heterocycles. The topological polar surface area (TPSA) is 98.4 Å². The number of anilines is 4. The third-order valence-electron chi connectivity index (χ3n) is 4.35. The Hall–Kier alpha value is -3.13. The molecule has 0 atom stereocenters. The smallest absolute Gasteiger partial charge is 0.143 e. The molecule has 3 aromatic rings. The summed E-state index contributed by atoms with van der Waals surface area (Å²) in [6, 6.07) is 7.61. The van der Waals surface area contributed by atoms with Crippen LogP contribution in [0.3, 0.4) is 0 Å². The molecule has 0 aliphatic carbocycles. The molecule has 1 aromatic carbocycles. The standard InChI is InChI=1S/C18H20N6O2/c1-25-16-10-15-13(9-14(16)19)18(22-11-21-15)23-17-8-12(2-3-20-17)24-4-6-26-7-5-24/h2-3,8-11H,4-7,19H2,1H3,(H,20,21,22,23). The van der Waals surface area contributed by atoms with E-state index in [1.165, 1.54) is 6.33 Å². The van der Waals surface area contributed by atoms with Crippen molar-refractivity contribution < 1.29 is 9.47 Å². The van der Waals surface area contributed by atoms with Gasteiger partial charge in [-0.2, -0.15) is 0 Å². The maximum atomic E-state index is 6.04. The van der Waals surface area contributed by atoms with Crippen LogP contribution in [0.1, 0.15) is 0 Å². The van der Waals surface area contributed by atoms with E-state index in [0.29, 0.717) is 23.1 Å². The molecule has 3 heterocycles. The van der Waals surface area contributed by atoms with Crippen molar-refractivity contribution in [3.63, 3.8) is 0 Å². The third kappa shape index (κ3) is 3.18. The number of nitrogens with one attached hydrogen (secondary N) is 1. The number of fused-ring (bicyclic) bond motifs is 1. The molecule has 1 fully saturated rings. The second-order valence-corrected chi connectivity index (χ2v) is 5.96. The largest absolute Gasteiger partial charge is 0.495 e. The molecule has 0 radical (unpaired) electrons. The Balaban J connectivity index is 1.66. The highest BCUT2D eigenvalue weighted by Gasteiger charge is 2.13. The number of methoxy groups -OCH3 is 1. The maximum absolute atomic E-state index is 6.04. The van der Waals surface area contributed by atoms with Gasteiger partial charge in [0.2, 0.25) is 0 Å². The fourth-order valence-electron chi connectivity index (χ4n) is 3.00. The highest BCUT2D eigenvalue weighted by molar-refractivity contribution is 5.94. The molecule has 0 amide bonds. The zero-order valence-electron chi connectivity index (χ0n) is 14.5. The van der Waals surface area contributed by atoms with Gasteiger partial charge < -0.3 is 25.4 Å². The van der Waals surface area contributed by atoms with E-state index in [9.17, 15) is 0 Å². The molecular weight excluding hydrogens is 332 g/mol. The predicted octanol–water partition coefficient (Wildman–Crippen LogP) is 2.20. The molecule has 0 bridgehead atoms. The summed E-state index contributed by atoms with van der Waals surface area (Å²) in [6.07, 6.45) is 3.29. The number of pyridine rings is 1. The maximum Gasteiger partial charge on any atom is 0.143 e. The monoisotopic (exact) mass is 352 g/mol. The number of benzene rings is 1. The minimum absolute atomic E-state index is 0.535. The zero-order valence-corrected chi connectivity index (χ0v) is 14.5. The van der Waals surface area contributed by atoms with Crippen LogP contribution in [0, 0.1) is 0 Å². The fraction of sp³-hybridized carbons (Fsp3) is 0.278. The van der Waals surface area contributed by atoms with E-state index in [1.807, 2.05) is 18.2 Å². The van der Waals surface area contributed by atoms with Gasteiger partial charge in [-0.15, -0.1) is 0 Å². The van der Waals surface area contributed by atoms with Crippen molar-refractivity contribution >= 4 is 33.9 Å². The lowest BCUT2D eigenvalue weighted by atomic mass is 10.2. The van der Waals surface area contributed by atoms with Gasteiger partial charge >= 0.3 is 0 Å². The lowest BCUT2D eigenvalue weighted by Gasteiger charge is -2.28. The number of ether oxygens (including phenoxy) is 2. The summed E-state index contributed by atoms with van der Waals surface area (Å²) in [5.74, 6) is 1.95. The molecule has 8 heteroatoms. The summed E-state index contributed by atoms with van der Waals surface area (Å²) < 4.78 is 10.7. The van der Waals surface area contributed by atoms with E-state index in [0.717, 1.165) is 42.9 Å². The van der Waals surface area contributed by atoms with Crippen LogP contribution in [-0.2, 0) is 4.74 Å². The van der Waals surface area contributed by atoms with Crippen molar-refractivity contribution in [3.8, 4) is 5.75 Å². The Morgan fingerprint density at radius 3 is 2.81 bits per heavy atom. The van der Waals surface area contributed by atoms with Crippen molar-refractivity contribution in [2.75, 3.05) is 49.4 Å². The van der Waals surface area contributed by atoms with E-state index in [2.05, 4.69) is 25.2 Å². The van der Waals surface area contributed by atoms with Gasteiger partial charge in [-0.25, -0.2) is 15.0 Å². The quantitative estimate of drug-likeness (QED) is 0.690. The minimum atomic E-state index is 0.535. The fourth-order valence-corrected chi connectivity index (χ4v) is 3.00. The highest BCUT2D eigenvalue weighted by atomic mass is 16.5. The van der Waals surface area contributed by atoms with Crippen molar-refractivity contribution in [2.45, 2.75) is 0 Å². The summed E-state index contributed by atoms with van der Waals surface area (Å²) in [5.41, 5.74) is 8.42. The van der Waals surface area contributed by atoms with E-state index >= 15 is 0 Å². The number of nitrogen functional groups attached to an aromatic ring is 1. The Labute approximate surface area is 151 Å². The number of rotatable bonds is 4.